The van der Waals surface area contributed by atoms with Crippen LogP contribution in [0, 0.1) is 0 Å². The molecule has 1 unspecified atom stereocenters. The molecule has 98 valence electrons. The van der Waals surface area contributed by atoms with Crippen molar-refractivity contribution in [2.24, 2.45) is 0 Å². The Kier molecular flexibility index (Phi) is 4.41. The second-order valence-corrected chi connectivity index (χ2v) is 4.17. The molecule has 0 aliphatic carbocycles. The summed E-state index contributed by atoms with van der Waals surface area (Å²) in [5, 5.41) is 7.45. The van der Waals surface area contributed by atoms with Gasteiger partial charge in [-0.05, 0) is 26.0 Å². The highest BCUT2D eigenvalue weighted by molar-refractivity contribution is 5.12. The lowest BCUT2D eigenvalue weighted by Crippen LogP contribution is -2.28. The van der Waals surface area contributed by atoms with Gasteiger partial charge in [0.05, 0.1) is 25.2 Å². The van der Waals surface area contributed by atoms with Crippen LogP contribution >= 0.6 is 0 Å². The van der Waals surface area contributed by atoms with Crippen LogP contribution in [0.1, 0.15) is 19.6 Å². The molecule has 1 atom stereocenters. The lowest BCUT2D eigenvalue weighted by atomic mass is 10.3. The van der Waals surface area contributed by atoms with E-state index in [0.717, 1.165) is 31.1 Å². The number of hydrogen-bond donors (Lipinski definition) is 1. The van der Waals surface area contributed by atoms with Crippen molar-refractivity contribution >= 4 is 0 Å². The first kappa shape index (κ1) is 12.7. The van der Waals surface area contributed by atoms with Crippen LogP contribution in [0.4, 0.5) is 0 Å². The van der Waals surface area contributed by atoms with E-state index in [-0.39, 0.29) is 6.10 Å². The lowest BCUT2D eigenvalue weighted by molar-refractivity contribution is 0.215. The minimum Gasteiger partial charge on any atom is -0.486 e. The third-order valence-corrected chi connectivity index (χ3v) is 2.58. The smallest absolute Gasteiger partial charge is 0.157 e. The molecule has 5 heteroatoms. The predicted octanol–water partition coefficient (Wildman–Crippen LogP) is 2.05. The molecular formula is C13H19N3O2. The Morgan fingerprint density at radius 2 is 2.44 bits per heavy atom. The molecule has 0 aliphatic rings. The third-order valence-electron chi connectivity index (χ3n) is 2.58. The number of aromatic nitrogens is 2. The normalized spacial score (nSPS) is 12.6. The summed E-state index contributed by atoms with van der Waals surface area (Å²) in [6.07, 6.45) is 5.42. The molecule has 2 aromatic rings. The van der Waals surface area contributed by atoms with Crippen LogP contribution in [0.15, 0.2) is 35.2 Å². The Balaban J connectivity index is 1.70. The maximum atomic E-state index is 5.74. The molecular weight excluding hydrogens is 230 g/mol. The standard InChI is InChI=1S/C13H19N3O2/c1-3-16-10-13(9-15-16)18-11(2)7-14-8-12-5-4-6-17-12/h4-6,9-11,14H,3,7-8H2,1-2H3. The van der Waals surface area contributed by atoms with Crippen molar-refractivity contribution in [3.63, 3.8) is 0 Å². The van der Waals surface area contributed by atoms with Gasteiger partial charge in [-0.3, -0.25) is 4.68 Å². The molecule has 18 heavy (non-hydrogen) atoms. The summed E-state index contributed by atoms with van der Waals surface area (Å²) < 4.78 is 12.8. The van der Waals surface area contributed by atoms with Gasteiger partial charge in [-0.15, -0.1) is 0 Å². The first-order valence-electron chi connectivity index (χ1n) is 6.20. The van der Waals surface area contributed by atoms with E-state index in [1.54, 1.807) is 12.5 Å². The van der Waals surface area contributed by atoms with Crippen molar-refractivity contribution in [2.45, 2.75) is 33.0 Å². The average molecular weight is 249 g/mol. The van der Waals surface area contributed by atoms with Crippen LogP contribution in [-0.2, 0) is 13.1 Å². The van der Waals surface area contributed by atoms with E-state index in [1.807, 2.05) is 36.9 Å². The summed E-state index contributed by atoms with van der Waals surface area (Å²) in [7, 11) is 0. The fourth-order valence-corrected chi connectivity index (χ4v) is 1.66. The Morgan fingerprint density at radius 1 is 1.56 bits per heavy atom. The molecule has 0 spiro atoms. The Bertz CT molecular complexity index is 451. The van der Waals surface area contributed by atoms with Gasteiger partial charge in [-0.25, -0.2) is 0 Å². The molecule has 0 aromatic carbocycles. The molecule has 0 radical (unpaired) electrons. The number of rotatable bonds is 7. The number of nitrogens with zero attached hydrogens (tertiary/aromatic N) is 2. The minimum absolute atomic E-state index is 0.0921. The first-order valence-corrected chi connectivity index (χ1v) is 6.20. The quantitative estimate of drug-likeness (QED) is 0.816. The fourth-order valence-electron chi connectivity index (χ4n) is 1.66. The Labute approximate surface area is 107 Å². The van der Waals surface area contributed by atoms with Crippen LogP contribution in [0.5, 0.6) is 5.75 Å². The topological polar surface area (TPSA) is 52.2 Å². The molecule has 0 saturated carbocycles. The Morgan fingerprint density at radius 3 is 3.11 bits per heavy atom. The molecule has 1 N–H and O–H groups in total. The van der Waals surface area contributed by atoms with E-state index in [9.17, 15) is 0 Å². The second-order valence-electron chi connectivity index (χ2n) is 4.17. The predicted molar refractivity (Wildman–Crippen MR) is 68.4 cm³/mol. The number of ether oxygens (including phenoxy) is 1. The van der Waals surface area contributed by atoms with Gasteiger partial charge in [0.15, 0.2) is 5.75 Å². The van der Waals surface area contributed by atoms with Gasteiger partial charge >= 0.3 is 0 Å². The molecule has 0 saturated heterocycles. The molecule has 0 bridgehead atoms. The third kappa shape index (κ3) is 3.63. The summed E-state index contributed by atoms with van der Waals surface area (Å²) in [4.78, 5) is 0. The zero-order valence-electron chi connectivity index (χ0n) is 10.8. The SMILES string of the molecule is CCn1cc(OC(C)CNCc2ccco2)cn1. The fraction of sp³-hybridized carbons (Fsp3) is 0.462. The van der Waals surface area contributed by atoms with E-state index >= 15 is 0 Å². The van der Waals surface area contributed by atoms with Crippen molar-refractivity contribution in [2.75, 3.05) is 6.54 Å². The van der Waals surface area contributed by atoms with Crippen molar-refractivity contribution in [1.29, 1.82) is 0 Å². The van der Waals surface area contributed by atoms with Gasteiger partial charge in [0.1, 0.15) is 11.9 Å². The van der Waals surface area contributed by atoms with Gasteiger partial charge in [-0.2, -0.15) is 5.10 Å². The van der Waals surface area contributed by atoms with Crippen LogP contribution in [-0.4, -0.2) is 22.4 Å². The molecule has 2 aromatic heterocycles. The van der Waals surface area contributed by atoms with Crippen molar-refractivity contribution in [1.82, 2.24) is 15.1 Å². The van der Waals surface area contributed by atoms with Crippen molar-refractivity contribution in [3.05, 3.63) is 36.5 Å². The van der Waals surface area contributed by atoms with Gasteiger partial charge in [0.2, 0.25) is 0 Å². The average Bonchev–Trinajstić information content (AvgIpc) is 3.00. The molecule has 2 rings (SSSR count). The van der Waals surface area contributed by atoms with Crippen LogP contribution in [0.3, 0.4) is 0 Å². The summed E-state index contributed by atoms with van der Waals surface area (Å²) >= 11 is 0. The van der Waals surface area contributed by atoms with E-state index in [2.05, 4.69) is 10.4 Å². The molecule has 5 nitrogen and oxygen atoms in total. The van der Waals surface area contributed by atoms with Gasteiger partial charge < -0.3 is 14.5 Å². The second kappa shape index (κ2) is 6.26. The van der Waals surface area contributed by atoms with Crippen LogP contribution in [0.25, 0.3) is 0 Å². The molecule has 0 aliphatic heterocycles. The molecule has 2 heterocycles. The van der Waals surface area contributed by atoms with Crippen molar-refractivity contribution < 1.29 is 9.15 Å². The number of hydrogen-bond acceptors (Lipinski definition) is 4. The summed E-state index contributed by atoms with van der Waals surface area (Å²) in [6.45, 7) is 6.41. The first-order chi connectivity index (χ1) is 8.78. The monoisotopic (exact) mass is 249 g/mol. The largest absolute Gasteiger partial charge is 0.486 e. The number of furan rings is 1. The summed E-state index contributed by atoms with van der Waals surface area (Å²) in [5.41, 5.74) is 0. The Hall–Kier alpha value is -1.75. The zero-order chi connectivity index (χ0) is 12.8. The van der Waals surface area contributed by atoms with Crippen molar-refractivity contribution in [3.8, 4) is 5.75 Å². The van der Waals surface area contributed by atoms with E-state index in [1.165, 1.54) is 0 Å². The maximum Gasteiger partial charge on any atom is 0.157 e. The molecule has 0 fully saturated rings. The highest BCUT2D eigenvalue weighted by atomic mass is 16.5. The highest BCUT2D eigenvalue weighted by Crippen LogP contribution is 2.10. The van der Waals surface area contributed by atoms with Crippen LogP contribution < -0.4 is 10.1 Å². The van der Waals surface area contributed by atoms with Crippen LogP contribution in [0.2, 0.25) is 0 Å². The summed E-state index contributed by atoms with van der Waals surface area (Å²) in [6, 6.07) is 3.83. The van der Waals surface area contributed by atoms with Gasteiger partial charge in [0.25, 0.3) is 0 Å². The van der Waals surface area contributed by atoms with E-state index < -0.39 is 0 Å². The molecule has 0 amide bonds. The van der Waals surface area contributed by atoms with E-state index in [4.69, 9.17) is 9.15 Å². The zero-order valence-corrected chi connectivity index (χ0v) is 10.8. The number of nitrogens with one attached hydrogen (secondary N) is 1. The minimum atomic E-state index is 0.0921. The lowest BCUT2D eigenvalue weighted by Gasteiger charge is -2.13. The van der Waals surface area contributed by atoms with Gasteiger partial charge in [0, 0.05) is 13.1 Å². The summed E-state index contributed by atoms with van der Waals surface area (Å²) in [5.74, 6) is 1.74. The van der Waals surface area contributed by atoms with E-state index in [0.29, 0.717) is 0 Å². The highest BCUT2D eigenvalue weighted by Gasteiger charge is 2.06. The maximum absolute atomic E-state index is 5.74. The number of aryl methyl sites for hydroxylation is 1. The van der Waals surface area contributed by atoms with Gasteiger partial charge in [-0.1, -0.05) is 0 Å².